The molecule has 0 bridgehead atoms. The predicted octanol–water partition coefficient (Wildman–Crippen LogP) is 1.90. The van der Waals surface area contributed by atoms with Gasteiger partial charge in [-0.1, -0.05) is 0 Å². The largest absolute Gasteiger partial charge is 0.444 e. The van der Waals surface area contributed by atoms with Crippen molar-refractivity contribution in [2.75, 3.05) is 0 Å². The Morgan fingerprint density at radius 2 is 2.38 bits per heavy atom. The lowest BCUT2D eigenvalue weighted by Gasteiger charge is -2.26. The molecule has 0 aliphatic heterocycles. The van der Waals surface area contributed by atoms with Gasteiger partial charge in [-0.15, -0.1) is 0 Å². The quantitative estimate of drug-likeness (QED) is 0.822. The number of carbonyl (C=O) groups excluding carboxylic acids is 1. The number of oxazole rings is 1. The molecule has 5 heteroatoms. The van der Waals surface area contributed by atoms with Crippen LogP contribution in [0.25, 0.3) is 0 Å². The van der Waals surface area contributed by atoms with Gasteiger partial charge in [-0.3, -0.25) is 0 Å². The van der Waals surface area contributed by atoms with Crippen molar-refractivity contribution in [2.24, 2.45) is 0 Å². The van der Waals surface area contributed by atoms with Gasteiger partial charge in [0.25, 0.3) is 0 Å². The SMILES string of the molecule is Cc1cnc(C(C)NC(=O)NC2CCC2)o1. The van der Waals surface area contributed by atoms with Gasteiger partial charge in [0.05, 0.1) is 6.20 Å². The summed E-state index contributed by atoms with van der Waals surface area (Å²) < 4.78 is 5.34. The van der Waals surface area contributed by atoms with Crippen molar-refractivity contribution in [1.82, 2.24) is 15.6 Å². The van der Waals surface area contributed by atoms with Gasteiger partial charge in [-0.2, -0.15) is 0 Å². The Labute approximate surface area is 94.6 Å². The van der Waals surface area contributed by atoms with Crippen molar-refractivity contribution in [2.45, 2.75) is 45.2 Å². The molecular weight excluding hydrogens is 206 g/mol. The smallest absolute Gasteiger partial charge is 0.315 e. The zero-order chi connectivity index (χ0) is 11.5. The summed E-state index contributed by atoms with van der Waals surface area (Å²) in [4.78, 5) is 15.6. The van der Waals surface area contributed by atoms with E-state index in [9.17, 15) is 4.79 Å². The fraction of sp³-hybridized carbons (Fsp3) is 0.636. The molecule has 1 aliphatic rings. The first-order valence-electron chi connectivity index (χ1n) is 5.64. The molecule has 0 saturated heterocycles. The molecule has 16 heavy (non-hydrogen) atoms. The molecule has 1 atom stereocenters. The van der Waals surface area contributed by atoms with Crippen LogP contribution < -0.4 is 10.6 Å². The number of carbonyl (C=O) groups is 1. The Bertz CT molecular complexity index is 371. The molecular formula is C11H17N3O2. The Balaban J connectivity index is 1.81. The average molecular weight is 223 g/mol. The van der Waals surface area contributed by atoms with Crippen molar-refractivity contribution in [3.05, 3.63) is 17.8 Å². The number of nitrogens with one attached hydrogen (secondary N) is 2. The molecule has 1 unspecified atom stereocenters. The number of aryl methyl sites for hydroxylation is 1. The summed E-state index contributed by atoms with van der Waals surface area (Å²) >= 11 is 0. The van der Waals surface area contributed by atoms with Gasteiger partial charge in [0.1, 0.15) is 11.8 Å². The van der Waals surface area contributed by atoms with Gasteiger partial charge in [0, 0.05) is 6.04 Å². The second-order valence-corrected chi connectivity index (χ2v) is 4.28. The van der Waals surface area contributed by atoms with Gasteiger partial charge in [-0.25, -0.2) is 9.78 Å². The topological polar surface area (TPSA) is 67.2 Å². The highest BCUT2D eigenvalue weighted by Gasteiger charge is 2.21. The third kappa shape index (κ3) is 2.53. The second-order valence-electron chi connectivity index (χ2n) is 4.28. The van der Waals surface area contributed by atoms with Crippen LogP contribution in [0.15, 0.2) is 10.6 Å². The minimum Gasteiger partial charge on any atom is -0.444 e. The molecule has 88 valence electrons. The minimum atomic E-state index is -0.200. The standard InChI is InChI=1S/C11H17N3O2/c1-7-6-12-10(16-7)8(2)13-11(15)14-9-4-3-5-9/h6,8-9H,3-5H2,1-2H3,(H2,13,14,15). The zero-order valence-corrected chi connectivity index (χ0v) is 9.62. The van der Waals surface area contributed by atoms with E-state index in [1.54, 1.807) is 6.20 Å². The summed E-state index contributed by atoms with van der Waals surface area (Å²) in [6, 6.07) is 0.000302. The lowest BCUT2D eigenvalue weighted by Crippen LogP contribution is -2.45. The highest BCUT2D eigenvalue weighted by atomic mass is 16.4. The van der Waals surface area contributed by atoms with Crippen molar-refractivity contribution >= 4 is 6.03 Å². The third-order valence-electron chi connectivity index (χ3n) is 2.80. The molecule has 1 aliphatic carbocycles. The van der Waals surface area contributed by atoms with Crippen LogP contribution in [0, 0.1) is 6.92 Å². The normalized spacial score (nSPS) is 17.6. The first-order chi connectivity index (χ1) is 7.65. The van der Waals surface area contributed by atoms with Crippen LogP contribution in [0.4, 0.5) is 4.79 Å². The summed E-state index contributed by atoms with van der Waals surface area (Å²) in [5.74, 6) is 1.30. The first kappa shape index (κ1) is 11.0. The van der Waals surface area contributed by atoms with E-state index in [1.165, 1.54) is 6.42 Å². The van der Waals surface area contributed by atoms with Crippen LogP contribution in [-0.4, -0.2) is 17.1 Å². The summed E-state index contributed by atoms with van der Waals surface area (Å²) in [5, 5.41) is 5.71. The number of urea groups is 1. The Morgan fingerprint density at radius 1 is 1.62 bits per heavy atom. The predicted molar refractivity (Wildman–Crippen MR) is 59.0 cm³/mol. The molecule has 0 spiro atoms. The molecule has 0 radical (unpaired) electrons. The molecule has 1 heterocycles. The molecule has 1 saturated carbocycles. The summed E-state index contributed by atoms with van der Waals surface area (Å²) in [5.41, 5.74) is 0. The van der Waals surface area contributed by atoms with Crippen LogP contribution in [0.5, 0.6) is 0 Å². The van der Waals surface area contributed by atoms with Crippen LogP contribution in [0.2, 0.25) is 0 Å². The molecule has 2 N–H and O–H groups in total. The Hall–Kier alpha value is -1.52. The van der Waals surface area contributed by atoms with E-state index in [1.807, 2.05) is 13.8 Å². The average Bonchev–Trinajstić information content (AvgIpc) is 2.58. The molecule has 1 aromatic rings. The Kier molecular flexibility index (Phi) is 3.12. The van der Waals surface area contributed by atoms with E-state index >= 15 is 0 Å². The molecule has 5 nitrogen and oxygen atoms in total. The summed E-state index contributed by atoms with van der Waals surface area (Å²) in [7, 11) is 0. The van der Waals surface area contributed by atoms with E-state index in [4.69, 9.17) is 4.42 Å². The number of nitrogens with zero attached hydrogens (tertiary/aromatic N) is 1. The molecule has 2 rings (SSSR count). The number of rotatable bonds is 3. The van der Waals surface area contributed by atoms with Crippen molar-refractivity contribution in [3.63, 3.8) is 0 Å². The number of aromatic nitrogens is 1. The molecule has 1 fully saturated rings. The second kappa shape index (κ2) is 4.55. The van der Waals surface area contributed by atoms with E-state index in [0.29, 0.717) is 11.9 Å². The van der Waals surface area contributed by atoms with E-state index in [2.05, 4.69) is 15.6 Å². The lowest BCUT2D eigenvalue weighted by molar-refractivity contribution is 0.223. The lowest BCUT2D eigenvalue weighted by atomic mass is 9.93. The number of hydrogen-bond donors (Lipinski definition) is 2. The van der Waals surface area contributed by atoms with Crippen LogP contribution in [0.3, 0.4) is 0 Å². The van der Waals surface area contributed by atoms with Gasteiger partial charge < -0.3 is 15.1 Å². The van der Waals surface area contributed by atoms with Crippen LogP contribution in [-0.2, 0) is 0 Å². The van der Waals surface area contributed by atoms with E-state index < -0.39 is 0 Å². The summed E-state index contributed by atoms with van der Waals surface area (Å²) in [6.07, 6.45) is 5.02. The van der Waals surface area contributed by atoms with Gasteiger partial charge in [0.2, 0.25) is 5.89 Å². The Morgan fingerprint density at radius 3 is 2.88 bits per heavy atom. The van der Waals surface area contributed by atoms with Crippen molar-refractivity contribution < 1.29 is 9.21 Å². The maximum atomic E-state index is 11.5. The maximum Gasteiger partial charge on any atom is 0.315 e. The zero-order valence-electron chi connectivity index (χ0n) is 9.62. The van der Waals surface area contributed by atoms with E-state index in [0.717, 1.165) is 18.6 Å². The van der Waals surface area contributed by atoms with E-state index in [-0.39, 0.29) is 12.1 Å². The van der Waals surface area contributed by atoms with Crippen molar-refractivity contribution in [1.29, 1.82) is 0 Å². The number of amides is 2. The molecule has 0 aromatic carbocycles. The van der Waals surface area contributed by atoms with Crippen LogP contribution >= 0.6 is 0 Å². The highest BCUT2D eigenvalue weighted by molar-refractivity contribution is 5.74. The van der Waals surface area contributed by atoms with Crippen LogP contribution in [0.1, 0.15) is 43.9 Å². The van der Waals surface area contributed by atoms with Gasteiger partial charge in [0.15, 0.2) is 0 Å². The maximum absolute atomic E-state index is 11.5. The third-order valence-corrected chi connectivity index (χ3v) is 2.80. The minimum absolute atomic E-state index is 0.145. The molecule has 2 amide bonds. The van der Waals surface area contributed by atoms with Gasteiger partial charge in [-0.05, 0) is 33.1 Å². The van der Waals surface area contributed by atoms with Crippen molar-refractivity contribution in [3.8, 4) is 0 Å². The fourth-order valence-corrected chi connectivity index (χ4v) is 1.61. The first-order valence-corrected chi connectivity index (χ1v) is 5.64. The summed E-state index contributed by atoms with van der Waals surface area (Å²) in [6.45, 7) is 3.68. The molecule has 1 aromatic heterocycles. The number of hydrogen-bond acceptors (Lipinski definition) is 3. The monoisotopic (exact) mass is 223 g/mol. The highest BCUT2D eigenvalue weighted by Crippen LogP contribution is 2.18. The fourth-order valence-electron chi connectivity index (χ4n) is 1.61. The van der Waals surface area contributed by atoms with Gasteiger partial charge >= 0.3 is 6.03 Å².